The Hall–Kier alpha value is -2.40. The van der Waals surface area contributed by atoms with E-state index in [1.165, 1.54) is 10.9 Å². The summed E-state index contributed by atoms with van der Waals surface area (Å²) in [7, 11) is 0. The maximum absolute atomic E-state index is 12.7. The monoisotopic (exact) mass is 329 g/mol. The Balaban J connectivity index is 2.21. The minimum atomic E-state index is -0.594. The van der Waals surface area contributed by atoms with Gasteiger partial charge in [-0.3, -0.25) is 0 Å². The van der Waals surface area contributed by atoms with Crippen LogP contribution in [-0.4, -0.2) is 26.2 Å². The number of hydrogen-bond acceptors (Lipinski definition) is 4. The summed E-state index contributed by atoms with van der Waals surface area (Å²) < 4.78 is 7.04. The zero-order valence-electron chi connectivity index (χ0n) is 13.1. The number of carbonyl (C=O) groups is 1. The molecule has 0 unspecified atom stereocenters. The van der Waals surface area contributed by atoms with E-state index in [0.29, 0.717) is 16.5 Å². The highest BCUT2D eigenvalue weighted by molar-refractivity contribution is 6.29. The van der Waals surface area contributed by atoms with E-state index in [0.717, 1.165) is 10.9 Å². The van der Waals surface area contributed by atoms with Gasteiger partial charge in [0.05, 0.1) is 16.9 Å². The van der Waals surface area contributed by atoms with Crippen molar-refractivity contribution in [1.29, 1.82) is 0 Å². The lowest BCUT2D eigenvalue weighted by atomic mass is 10.2. The molecule has 0 radical (unpaired) electrons. The van der Waals surface area contributed by atoms with Gasteiger partial charge in [0.2, 0.25) is 0 Å². The highest BCUT2D eigenvalue weighted by Crippen LogP contribution is 2.28. The van der Waals surface area contributed by atoms with Crippen LogP contribution in [0.15, 0.2) is 42.7 Å². The SMILES string of the molecule is CC(C)(C)OC(=O)n1c(-c2cc(Cl)ncn2)cc2ccccc21. The second-order valence-corrected chi connectivity index (χ2v) is 6.52. The molecule has 0 saturated heterocycles. The summed E-state index contributed by atoms with van der Waals surface area (Å²) in [5, 5.41) is 1.24. The molecule has 3 aromatic rings. The fourth-order valence-corrected chi connectivity index (χ4v) is 2.47. The molecule has 0 fully saturated rings. The first-order chi connectivity index (χ1) is 10.8. The van der Waals surface area contributed by atoms with Crippen molar-refractivity contribution < 1.29 is 9.53 Å². The third-order valence-electron chi connectivity index (χ3n) is 3.18. The van der Waals surface area contributed by atoms with Crippen molar-refractivity contribution in [3.63, 3.8) is 0 Å². The zero-order valence-corrected chi connectivity index (χ0v) is 13.8. The number of carbonyl (C=O) groups excluding carboxylic acids is 1. The van der Waals surface area contributed by atoms with Crippen LogP contribution < -0.4 is 0 Å². The molecular weight excluding hydrogens is 314 g/mol. The lowest BCUT2D eigenvalue weighted by molar-refractivity contribution is 0.0547. The number of halogens is 1. The Morgan fingerprint density at radius 3 is 2.61 bits per heavy atom. The average Bonchev–Trinajstić information content (AvgIpc) is 2.85. The van der Waals surface area contributed by atoms with Crippen LogP contribution in [0.1, 0.15) is 20.8 Å². The van der Waals surface area contributed by atoms with Crippen LogP contribution in [-0.2, 0) is 4.74 Å². The number of ether oxygens (including phenoxy) is 1. The van der Waals surface area contributed by atoms with E-state index >= 15 is 0 Å². The molecule has 0 N–H and O–H groups in total. The molecular formula is C17H16ClN3O2. The fourth-order valence-electron chi connectivity index (χ4n) is 2.32. The predicted octanol–water partition coefficient (Wildman–Crippen LogP) is 4.53. The minimum Gasteiger partial charge on any atom is -0.443 e. The Morgan fingerprint density at radius 1 is 1.17 bits per heavy atom. The van der Waals surface area contributed by atoms with Crippen molar-refractivity contribution in [2.75, 3.05) is 0 Å². The number of aromatic nitrogens is 3. The number of fused-ring (bicyclic) bond motifs is 1. The minimum absolute atomic E-state index is 0.316. The maximum Gasteiger partial charge on any atom is 0.419 e. The van der Waals surface area contributed by atoms with Gasteiger partial charge < -0.3 is 4.74 Å². The molecule has 118 valence electrons. The summed E-state index contributed by atoms with van der Waals surface area (Å²) in [5.74, 6) is 0. The first-order valence-corrected chi connectivity index (χ1v) is 7.55. The largest absolute Gasteiger partial charge is 0.443 e. The summed E-state index contributed by atoms with van der Waals surface area (Å²) in [4.78, 5) is 20.8. The van der Waals surface area contributed by atoms with E-state index in [9.17, 15) is 4.79 Å². The molecule has 0 aliphatic heterocycles. The van der Waals surface area contributed by atoms with Crippen LogP contribution >= 0.6 is 11.6 Å². The number of benzene rings is 1. The van der Waals surface area contributed by atoms with Gasteiger partial charge in [0.1, 0.15) is 17.1 Å². The Morgan fingerprint density at radius 2 is 1.91 bits per heavy atom. The van der Waals surface area contributed by atoms with Crippen molar-refractivity contribution in [2.45, 2.75) is 26.4 Å². The van der Waals surface area contributed by atoms with Gasteiger partial charge in [-0.05, 0) is 32.9 Å². The van der Waals surface area contributed by atoms with Crippen LogP contribution in [0.2, 0.25) is 5.15 Å². The van der Waals surface area contributed by atoms with Gasteiger partial charge in [-0.15, -0.1) is 0 Å². The molecule has 0 aliphatic rings. The zero-order chi connectivity index (χ0) is 16.6. The molecule has 23 heavy (non-hydrogen) atoms. The molecule has 3 rings (SSSR count). The highest BCUT2D eigenvalue weighted by atomic mass is 35.5. The van der Waals surface area contributed by atoms with Gasteiger partial charge in [-0.1, -0.05) is 29.8 Å². The van der Waals surface area contributed by atoms with Crippen LogP contribution in [0.25, 0.3) is 22.3 Å². The molecule has 5 nitrogen and oxygen atoms in total. The second-order valence-electron chi connectivity index (χ2n) is 6.13. The summed E-state index contributed by atoms with van der Waals surface area (Å²) >= 11 is 5.96. The standard InChI is InChI=1S/C17H16ClN3O2/c1-17(2,3)23-16(22)21-13-7-5-4-6-11(13)8-14(21)12-9-15(18)20-10-19-12/h4-10H,1-3H3. The molecule has 6 heteroatoms. The Labute approximate surface area is 138 Å². The normalized spacial score (nSPS) is 11.7. The van der Waals surface area contributed by atoms with Crippen molar-refractivity contribution in [3.05, 3.63) is 47.9 Å². The number of para-hydroxylation sites is 1. The molecule has 0 amide bonds. The van der Waals surface area contributed by atoms with Crippen molar-refractivity contribution >= 4 is 28.6 Å². The average molecular weight is 330 g/mol. The van der Waals surface area contributed by atoms with E-state index < -0.39 is 11.7 Å². The third kappa shape index (κ3) is 3.19. The third-order valence-corrected chi connectivity index (χ3v) is 3.39. The highest BCUT2D eigenvalue weighted by Gasteiger charge is 2.23. The van der Waals surface area contributed by atoms with Crippen molar-refractivity contribution in [2.24, 2.45) is 0 Å². The van der Waals surface area contributed by atoms with E-state index in [1.807, 2.05) is 51.1 Å². The lowest BCUT2D eigenvalue weighted by Crippen LogP contribution is -2.27. The van der Waals surface area contributed by atoms with E-state index in [2.05, 4.69) is 9.97 Å². The second kappa shape index (κ2) is 5.66. The first kappa shape index (κ1) is 15.5. The van der Waals surface area contributed by atoms with Gasteiger partial charge in [0.25, 0.3) is 0 Å². The maximum atomic E-state index is 12.7. The molecule has 2 heterocycles. The van der Waals surface area contributed by atoms with Crippen LogP contribution in [0.3, 0.4) is 0 Å². The topological polar surface area (TPSA) is 57.0 Å². The molecule has 0 saturated carbocycles. The molecule has 0 aliphatic carbocycles. The van der Waals surface area contributed by atoms with Gasteiger partial charge >= 0.3 is 6.09 Å². The molecule has 0 spiro atoms. The quantitative estimate of drug-likeness (QED) is 0.615. The van der Waals surface area contributed by atoms with Crippen LogP contribution in [0.5, 0.6) is 0 Å². The fraction of sp³-hybridized carbons (Fsp3) is 0.235. The summed E-state index contributed by atoms with van der Waals surface area (Å²) in [5.41, 5.74) is 1.34. The van der Waals surface area contributed by atoms with Gasteiger partial charge in [-0.2, -0.15) is 0 Å². The van der Waals surface area contributed by atoms with Crippen LogP contribution in [0.4, 0.5) is 4.79 Å². The lowest BCUT2D eigenvalue weighted by Gasteiger charge is -2.20. The van der Waals surface area contributed by atoms with Crippen molar-refractivity contribution in [1.82, 2.24) is 14.5 Å². The van der Waals surface area contributed by atoms with E-state index in [4.69, 9.17) is 16.3 Å². The van der Waals surface area contributed by atoms with Crippen LogP contribution in [0, 0.1) is 0 Å². The first-order valence-electron chi connectivity index (χ1n) is 7.17. The summed E-state index contributed by atoms with van der Waals surface area (Å²) in [6, 6.07) is 11.1. The molecule has 0 atom stereocenters. The van der Waals surface area contributed by atoms with Gasteiger partial charge in [0.15, 0.2) is 0 Å². The summed E-state index contributed by atoms with van der Waals surface area (Å²) in [6.07, 6.45) is 0.915. The van der Waals surface area contributed by atoms with E-state index in [-0.39, 0.29) is 0 Å². The molecule has 0 bridgehead atoms. The molecule has 1 aromatic carbocycles. The Bertz CT molecular complexity index is 881. The number of hydrogen-bond donors (Lipinski definition) is 0. The van der Waals surface area contributed by atoms with Gasteiger partial charge in [-0.25, -0.2) is 19.3 Å². The Kier molecular flexibility index (Phi) is 3.82. The predicted molar refractivity (Wildman–Crippen MR) is 89.6 cm³/mol. The van der Waals surface area contributed by atoms with E-state index in [1.54, 1.807) is 6.07 Å². The smallest absolute Gasteiger partial charge is 0.419 e. The number of nitrogens with zero attached hydrogens (tertiary/aromatic N) is 3. The molecule has 2 aromatic heterocycles. The van der Waals surface area contributed by atoms with Crippen molar-refractivity contribution in [3.8, 4) is 11.4 Å². The van der Waals surface area contributed by atoms with Gasteiger partial charge in [0, 0.05) is 11.5 Å². The number of rotatable bonds is 1. The summed E-state index contributed by atoms with van der Waals surface area (Å²) in [6.45, 7) is 5.49.